The monoisotopic (exact) mass is 489 g/mol. The SMILES string of the molecule is COc1ccc([N+](=O)[O-])c(NC(=O)COC(=O)c2ccc3c(c2)C(=O)N(Cc2ccccc2)C3=O)c1. The van der Waals surface area contributed by atoms with E-state index in [0.29, 0.717) is 0 Å². The molecular formula is C25H19N3O8. The number of anilines is 1. The first-order chi connectivity index (χ1) is 17.3. The Morgan fingerprint density at radius 3 is 2.39 bits per heavy atom. The second-order valence-electron chi connectivity index (χ2n) is 7.71. The van der Waals surface area contributed by atoms with Gasteiger partial charge in [-0.2, -0.15) is 0 Å². The fourth-order valence-corrected chi connectivity index (χ4v) is 3.63. The van der Waals surface area contributed by atoms with Crippen molar-refractivity contribution in [3.8, 4) is 5.75 Å². The van der Waals surface area contributed by atoms with Gasteiger partial charge in [0.25, 0.3) is 23.4 Å². The summed E-state index contributed by atoms with van der Waals surface area (Å²) in [6.45, 7) is -0.652. The van der Waals surface area contributed by atoms with E-state index < -0.39 is 35.2 Å². The van der Waals surface area contributed by atoms with Crippen LogP contribution in [0.1, 0.15) is 36.6 Å². The van der Waals surface area contributed by atoms with Crippen molar-refractivity contribution in [2.75, 3.05) is 19.0 Å². The Labute approximate surface area is 204 Å². The van der Waals surface area contributed by atoms with Crippen LogP contribution in [0.25, 0.3) is 0 Å². The summed E-state index contributed by atoms with van der Waals surface area (Å²) in [5.74, 6) is -2.46. The molecule has 1 aliphatic heterocycles. The number of amides is 3. The van der Waals surface area contributed by atoms with E-state index in [9.17, 15) is 29.3 Å². The van der Waals surface area contributed by atoms with Crippen LogP contribution in [0.2, 0.25) is 0 Å². The summed E-state index contributed by atoms with van der Waals surface area (Å²) in [6, 6.07) is 16.7. The zero-order valence-electron chi connectivity index (χ0n) is 18.9. The van der Waals surface area contributed by atoms with Crippen LogP contribution in [-0.2, 0) is 16.1 Å². The van der Waals surface area contributed by atoms with Gasteiger partial charge in [-0.1, -0.05) is 30.3 Å². The highest BCUT2D eigenvalue weighted by Gasteiger charge is 2.36. The number of carbonyl (C=O) groups excluding carboxylic acids is 4. The highest BCUT2D eigenvalue weighted by molar-refractivity contribution is 6.21. The smallest absolute Gasteiger partial charge is 0.338 e. The van der Waals surface area contributed by atoms with E-state index in [0.717, 1.165) is 10.5 Å². The van der Waals surface area contributed by atoms with Gasteiger partial charge in [0.15, 0.2) is 6.61 Å². The molecule has 0 fully saturated rings. The Morgan fingerprint density at radius 1 is 0.972 bits per heavy atom. The van der Waals surface area contributed by atoms with E-state index in [-0.39, 0.29) is 40.4 Å². The van der Waals surface area contributed by atoms with Crippen LogP contribution in [-0.4, -0.2) is 47.2 Å². The molecule has 0 bridgehead atoms. The minimum absolute atomic E-state index is 0.0309. The van der Waals surface area contributed by atoms with Crippen LogP contribution in [0.4, 0.5) is 11.4 Å². The van der Waals surface area contributed by atoms with Crippen molar-refractivity contribution in [1.29, 1.82) is 0 Å². The lowest BCUT2D eigenvalue weighted by Gasteiger charge is -2.13. The van der Waals surface area contributed by atoms with Gasteiger partial charge in [0.1, 0.15) is 11.4 Å². The van der Waals surface area contributed by atoms with Crippen LogP contribution in [0, 0.1) is 10.1 Å². The molecule has 0 aromatic heterocycles. The van der Waals surface area contributed by atoms with Gasteiger partial charge in [0.05, 0.1) is 35.3 Å². The van der Waals surface area contributed by atoms with Gasteiger partial charge >= 0.3 is 5.97 Å². The molecule has 11 nitrogen and oxygen atoms in total. The average molecular weight is 489 g/mol. The molecule has 11 heteroatoms. The summed E-state index contributed by atoms with van der Waals surface area (Å²) in [7, 11) is 1.37. The number of methoxy groups -OCH3 is 1. The summed E-state index contributed by atoms with van der Waals surface area (Å²) in [4.78, 5) is 61.9. The molecule has 3 aromatic carbocycles. The molecule has 0 radical (unpaired) electrons. The largest absolute Gasteiger partial charge is 0.497 e. The van der Waals surface area contributed by atoms with Crippen molar-refractivity contribution in [3.05, 3.63) is 99.1 Å². The number of nitrogens with one attached hydrogen (secondary N) is 1. The first kappa shape index (κ1) is 24.1. The molecule has 1 heterocycles. The normalized spacial score (nSPS) is 12.2. The summed E-state index contributed by atoms with van der Waals surface area (Å²) in [5, 5.41) is 13.5. The number of hydrogen-bond donors (Lipinski definition) is 1. The second kappa shape index (κ2) is 10.1. The van der Waals surface area contributed by atoms with Crippen LogP contribution in [0.15, 0.2) is 66.7 Å². The number of nitro benzene ring substituents is 1. The predicted molar refractivity (Wildman–Crippen MR) is 126 cm³/mol. The second-order valence-corrected chi connectivity index (χ2v) is 7.71. The molecule has 0 spiro atoms. The third-order valence-electron chi connectivity index (χ3n) is 5.40. The van der Waals surface area contributed by atoms with Crippen molar-refractivity contribution in [2.24, 2.45) is 0 Å². The quantitative estimate of drug-likeness (QED) is 0.220. The van der Waals surface area contributed by atoms with Gasteiger partial charge in [-0.25, -0.2) is 4.79 Å². The Balaban J connectivity index is 1.42. The molecule has 0 aliphatic carbocycles. The van der Waals surface area contributed by atoms with Crippen molar-refractivity contribution in [1.82, 2.24) is 4.90 Å². The minimum atomic E-state index is -0.908. The number of esters is 1. The van der Waals surface area contributed by atoms with Gasteiger partial charge in [0.2, 0.25) is 0 Å². The Bertz CT molecular complexity index is 1390. The van der Waals surface area contributed by atoms with Crippen LogP contribution in [0.3, 0.4) is 0 Å². The number of nitro groups is 1. The maximum absolute atomic E-state index is 12.8. The van der Waals surface area contributed by atoms with Gasteiger partial charge in [-0.3, -0.25) is 29.4 Å². The van der Waals surface area contributed by atoms with E-state index in [1.807, 2.05) is 6.07 Å². The molecule has 0 atom stereocenters. The van der Waals surface area contributed by atoms with E-state index in [1.165, 1.54) is 43.5 Å². The highest BCUT2D eigenvalue weighted by Crippen LogP contribution is 2.29. The number of carbonyl (C=O) groups is 4. The van der Waals surface area contributed by atoms with E-state index >= 15 is 0 Å². The third-order valence-corrected chi connectivity index (χ3v) is 5.40. The number of ether oxygens (including phenoxy) is 2. The summed E-state index contributed by atoms with van der Waals surface area (Å²) >= 11 is 0. The molecule has 1 aliphatic rings. The van der Waals surface area contributed by atoms with Crippen molar-refractivity contribution in [3.63, 3.8) is 0 Å². The molecule has 0 saturated carbocycles. The minimum Gasteiger partial charge on any atom is -0.497 e. The number of nitrogens with zero attached hydrogens (tertiary/aromatic N) is 2. The fraction of sp³-hybridized carbons (Fsp3) is 0.120. The lowest BCUT2D eigenvalue weighted by Crippen LogP contribution is -2.29. The average Bonchev–Trinajstić information content (AvgIpc) is 3.11. The molecule has 3 amide bonds. The number of benzene rings is 3. The van der Waals surface area contributed by atoms with Crippen LogP contribution >= 0.6 is 0 Å². The van der Waals surface area contributed by atoms with E-state index in [1.54, 1.807) is 24.3 Å². The van der Waals surface area contributed by atoms with Gasteiger partial charge in [-0.15, -0.1) is 0 Å². The molecule has 3 aromatic rings. The molecular weight excluding hydrogens is 470 g/mol. The van der Waals surface area contributed by atoms with Gasteiger partial charge < -0.3 is 14.8 Å². The van der Waals surface area contributed by atoms with Crippen molar-refractivity contribution < 1.29 is 33.6 Å². The molecule has 0 saturated heterocycles. The van der Waals surface area contributed by atoms with Gasteiger partial charge in [-0.05, 0) is 29.8 Å². The summed E-state index contributed by atoms with van der Waals surface area (Å²) in [5.41, 5.74) is 0.473. The summed E-state index contributed by atoms with van der Waals surface area (Å²) < 4.78 is 10.0. The zero-order valence-corrected chi connectivity index (χ0v) is 18.9. The van der Waals surface area contributed by atoms with Crippen LogP contribution < -0.4 is 10.1 Å². The van der Waals surface area contributed by atoms with E-state index in [4.69, 9.17) is 9.47 Å². The predicted octanol–water partition coefficient (Wildman–Crippen LogP) is 3.20. The van der Waals surface area contributed by atoms with Crippen LogP contribution in [0.5, 0.6) is 5.75 Å². The lowest BCUT2D eigenvalue weighted by atomic mass is 10.1. The number of fused-ring (bicyclic) bond motifs is 1. The maximum Gasteiger partial charge on any atom is 0.338 e. The number of imide groups is 1. The topological polar surface area (TPSA) is 145 Å². The maximum atomic E-state index is 12.8. The number of hydrogen-bond acceptors (Lipinski definition) is 8. The standard InChI is InChI=1S/C25H19N3O8/c1-35-17-8-10-21(28(33)34)20(12-17)26-22(29)14-36-25(32)16-7-9-18-19(11-16)24(31)27(23(18)30)13-15-5-3-2-4-6-15/h2-12H,13-14H2,1H3,(H,26,29). The molecule has 1 N–H and O–H groups in total. The molecule has 36 heavy (non-hydrogen) atoms. The van der Waals surface area contributed by atoms with Gasteiger partial charge in [0, 0.05) is 12.1 Å². The molecule has 0 unspecified atom stereocenters. The molecule has 4 rings (SSSR count). The lowest BCUT2D eigenvalue weighted by molar-refractivity contribution is -0.383. The van der Waals surface area contributed by atoms with E-state index in [2.05, 4.69) is 5.32 Å². The highest BCUT2D eigenvalue weighted by atomic mass is 16.6. The zero-order chi connectivity index (χ0) is 25.8. The first-order valence-electron chi connectivity index (χ1n) is 10.6. The van der Waals surface area contributed by atoms with Crippen molar-refractivity contribution in [2.45, 2.75) is 6.54 Å². The Morgan fingerprint density at radius 2 is 1.69 bits per heavy atom. The Kier molecular flexibility index (Phi) is 6.72. The molecule has 182 valence electrons. The third kappa shape index (κ3) is 4.89. The summed E-state index contributed by atoms with van der Waals surface area (Å²) in [6.07, 6.45) is 0. The number of rotatable bonds is 8. The van der Waals surface area contributed by atoms with Crippen molar-refractivity contribution >= 4 is 35.1 Å². The first-order valence-corrected chi connectivity index (χ1v) is 10.6. The Hall–Kier alpha value is -5.06. The fourth-order valence-electron chi connectivity index (χ4n) is 3.63.